The van der Waals surface area contributed by atoms with Gasteiger partial charge in [0.25, 0.3) is 5.91 Å². The fourth-order valence-electron chi connectivity index (χ4n) is 3.88. The van der Waals surface area contributed by atoms with Crippen molar-refractivity contribution in [2.75, 3.05) is 25.9 Å². The molecule has 1 amide bonds. The summed E-state index contributed by atoms with van der Waals surface area (Å²) in [7, 11) is 2.18. The van der Waals surface area contributed by atoms with Gasteiger partial charge in [-0.1, -0.05) is 6.42 Å². The summed E-state index contributed by atoms with van der Waals surface area (Å²) < 4.78 is 0. The van der Waals surface area contributed by atoms with E-state index in [2.05, 4.69) is 21.9 Å². The molecular formula is C16H25N5O. The van der Waals surface area contributed by atoms with Gasteiger partial charge in [-0.05, 0) is 52.3 Å². The van der Waals surface area contributed by atoms with E-state index in [9.17, 15) is 4.79 Å². The fraction of sp³-hybridized carbons (Fsp3) is 0.688. The van der Waals surface area contributed by atoms with Gasteiger partial charge in [-0.15, -0.1) is 0 Å². The third kappa shape index (κ3) is 2.92. The second-order valence-electron chi connectivity index (χ2n) is 6.50. The first-order valence-corrected chi connectivity index (χ1v) is 8.18. The predicted molar refractivity (Wildman–Crippen MR) is 85.5 cm³/mol. The van der Waals surface area contributed by atoms with E-state index < -0.39 is 0 Å². The number of anilines is 1. The first-order valence-electron chi connectivity index (χ1n) is 8.18. The standard InChI is InChI=1S/C16H25N5O/c1-11-10-12(19-16(17)18-11)15(22)21-9-5-7-13-14(21)6-3-4-8-20(13)2/h10,13-14H,3-9H2,1-2H3,(H2,17,18,19)/t13-,14-/m1/s1. The van der Waals surface area contributed by atoms with Crippen LogP contribution in [-0.4, -0.2) is 57.9 Å². The van der Waals surface area contributed by atoms with E-state index in [0.717, 1.165) is 31.6 Å². The maximum atomic E-state index is 12.9. The number of nitrogens with zero attached hydrogens (tertiary/aromatic N) is 4. The predicted octanol–water partition coefficient (Wildman–Crippen LogP) is 1.46. The highest BCUT2D eigenvalue weighted by atomic mass is 16.2. The van der Waals surface area contributed by atoms with Crippen LogP contribution < -0.4 is 5.73 Å². The van der Waals surface area contributed by atoms with Gasteiger partial charge in [0.05, 0.1) is 0 Å². The highest BCUT2D eigenvalue weighted by Crippen LogP contribution is 2.29. The first kappa shape index (κ1) is 15.2. The maximum absolute atomic E-state index is 12.9. The van der Waals surface area contributed by atoms with E-state index in [1.807, 2.05) is 11.8 Å². The summed E-state index contributed by atoms with van der Waals surface area (Å²) in [6.45, 7) is 3.78. The number of nitrogen functional groups attached to an aromatic ring is 1. The Morgan fingerprint density at radius 1 is 1.18 bits per heavy atom. The zero-order chi connectivity index (χ0) is 15.7. The molecule has 0 aliphatic carbocycles. The Morgan fingerprint density at radius 3 is 2.73 bits per heavy atom. The topological polar surface area (TPSA) is 75.4 Å². The van der Waals surface area contributed by atoms with E-state index in [4.69, 9.17) is 5.73 Å². The maximum Gasteiger partial charge on any atom is 0.272 e. The molecular weight excluding hydrogens is 278 g/mol. The smallest absolute Gasteiger partial charge is 0.272 e. The number of hydrogen-bond donors (Lipinski definition) is 1. The van der Waals surface area contributed by atoms with Crippen LogP contribution in [0, 0.1) is 6.92 Å². The van der Waals surface area contributed by atoms with Crippen LogP contribution in [0.4, 0.5) is 5.95 Å². The van der Waals surface area contributed by atoms with Gasteiger partial charge >= 0.3 is 0 Å². The third-order valence-electron chi connectivity index (χ3n) is 4.92. The molecule has 1 aromatic rings. The Bertz CT molecular complexity index is 541. The average molecular weight is 303 g/mol. The molecule has 6 nitrogen and oxygen atoms in total. The number of carbonyl (C=O) groups is 1. The van der Waals surface area contributed by atoms with Gasteiger partial charge < -0.3 is 15.5 Å². The molecule has 22 heavy (non-hydrogen) atoms. The van der Waals surface area contributed by atoms with Crippen LogP contribution in [0.25, 0.3) is 0 Å². The lowest BCUT2D eigenvalue weighted by atomic mass is 9.92. The molecule has 0 spiro atoms. The number of carbonyl (C=O) groups excluding carboxylic acids is 1. The summed E-state index contributed by atoms with van der Waals surface area (Å²) in [6.07, 6.45) is 5.71. The van der Waals surface area contributed by atoms with Gasteiger partial charge in [-0.3, -0.25) is 4.79 Å². The Labute approximate surface area is 131 Å². The number of likely N-dealkylation sites (N-methyl/N-ethyl adjacent to an activating group) is 1. The van der Waals surface area contributed by atoms with Crippen LogP contribution in [-0.2, 0) is 0 Å². The summed E-state index contributed by atoms with van der Waals surface area (Å²) in [5, 5.41) is 0. The lowest BCUT2D eigenvalue weighted by Crippen LogP contribution is -2.55. The van der Waals surface area contributed by atoms with Crippen molar-refractivity contribution in [2.45, 2.75) is 51.1 Å². The molecule has 2 fully saturated rings. The van der Waals surface area contributed by atoms with Crippen LogP contribution in [0.1, 0.15) is 48.3 Å². The zero-order valence-corrected chi connectivity index (χ0v) is 13.5. The molecule has 0 aromatic carbocycles. The monoisotopic (exact) mass is 303 g/mol. The molecule has 2 N–H and O–H groups in total. The first-order chi connectivity index (χ1) is 10.6. The van der Waals surface area contributed by atoms with Crippen LogP contribution in [0.2, 0.25) is 0 Å². The van der Waals surface area contributed by atoms with E-state index >= 15 is 0 Å². The van der Waals surface area contributed by atoms with Crippen molar-refractivity contribution in [3.8, 4) is 0 Å². The molecule has 2 atom stereocenters. The molecule has 0 radical (unpaired) electrons. The highest BCUT2D eigenvalue weighted by Gasteiger charge is 2.37. The lowest BCUT2D eigenvalue weighted by molar-refractivity contribution is 0.0389. The molecule has 3 rings (SSSR count). The molecule has 6 heteroatoms. The van der Waals surface area contributed by atoms with Crippen molar-refractivity contribution >= 4 is 11.9 Å². The molecule has 3 heterocycles. The second kappa shape index (κ2) is 6.20. The number of fused-ring (bicyclic) bond motifs is 1. The van der Waals surface area contributed by atoms with Gasteiger partial charge in [0.1, 0.15) is 5.69 Å². The fourth-order valence-corrected chi connectivity index (χ4v) is 3.88. The summed E-state index contributed by atoms with van der Waals surface area (Å²) in [5.74, 6) is 0.178. The number of nitrogens with two attached hydrogens (primary N) is 1. The van der Waals surface area contributed by atoms with Crippen molar-refractivity contribution in [2.24, 2.45) is 0 Å². The highest BCUT2D eigenvalue weighted by molar-refractivity contribution is 5.93. The molecule has 0 unspecified atom stereocenters. The second-order valence-corrected chi connectivity index (χ2v) is 6.50. The summed E-state index contributed by atoms with van der Waals surface area (Å²) >= 11 is 0. The van der Waals surface area contributed by atoms with Crippen molar-refractivity contribution in [3.05, 3.63) is 17.5 Å². The number of hydrogen-bond acceptors (Lipinski definition) is 5. The van der Waals surface area contributed by atoms with E-state index in [1.165, 1.54) is 19.3 Å². The van der Waals surface area contributed by atoms with Crippen LogP contribution >= 0.6 is 0 Å². The molecule has 2 saturated heterocycles. The minimum Gasteiger partial charge on any atom is -0.368 e. The number of likely N-dealkylation sites (tertiary alicyclic amines) is 2. The zero-order valence-electron chi connectivity index (χ0n) is 13.5. The summed E-state index contributed by atoms with van der Waals surface area (Å²) in [6, 6.07) is 2.51. The molecule has 0 saturated carbocycles. The van der Waals surface area contributed by atoms with Crippen LogP contribution in [0.15, 0.2) is 6.07 Å². The van der Waals surface area contributed by atoms with Crippen molar-refractivity contribution in [1.29, 1.82) is 0 Å². The number of amides is 1. The Hall–Kier alpha value is -1.69. The third-order valence-corrected chi connectivity index (χ3v) is 4.92. The molecule has 2 aliphatic rings. The van der Waals surface area contributed by atoms with Crippen LogP contribution in [0.5, 0.6) is 0 Å². The minimum atomic E-state index is 0.00204. The van der Waals surface area contributed by atoms with Gasteiger partial charge in [-0.2, -0.15) is 0 Å². The number of aryl methyl sites for hydroxylation is 1. The summed E-state index contributed by atoms with van der Waals surface area (Å²) in [4.78, 5) is 25.6. The Morgan fingerprint density at radius 2 is 1.95 bits per heavy atom. The Kier molecular flexibility index (Phi) is 4.29. The van der Waals surface area contributed by atoms with Crippen molar-refractivity contribution < 1.29 is 4.79 Å². The quantitative estimate of drug-likeness (QED) is 0.850. The molecule has 120 valence electrons. The van der Waals surface area contributed by atoms with Crippen molar-refractivity contribution in [3.63, 3.8) is 0 Å². The van der Waals surface area contributed by atoms with Gasteiger partial charge in [-0.25, -0.2) is 9.97 Å². The Balaban J connectivity index is 1.87. The van der Waals surface area contributed by atoms with Gasteiger partial charge in [0.15, 0.2) is 0 Å². The molecule has 1 aromatic heterocycles. The van der Waals surface area contributed by atoms with E-state index in [1.54, 1.807) is 6.07 Å². The van der Waals surface area contributed by atoms with E-state index in [-0.39, 0.29) is 11.9 Å². The van der Waals surface area contributed by atoms with Crippen LogP contribution in [0.3, 0.4) is 0 Å². The number of rotatable bonds is 1. The number of aromatic nitrogens is 2. The van der Waals surface area contributed by atoms with E-state index in [0.29, 0.717) is 17.8 Å². The largest absolute Gasteiger partial charge is 0.368 e. The van der Waals surface area contributed by atoms with Gasteiger partial charge in [0.2, 0.25) is 5.95 Å². The SMILES string of the molecule is Cc1cc(C(=O)N2CCC[C@@H]3[C@H]2CCCCN3C)nc(N)n1. The number of piperidine rings is 1. The van der Waals surface area contributed by atoms with Gasteiger partial charge in [0, 0.05) is 24.3 Å². The molecule has 2 aliphatic heterocycles. The summed E-state index contributed by atoms with van der Waals surface area (Å²) in [5.41, 5.74) is 6.87. The molecule has 0 bridgehead atoms. The lowest BCUT2D eigenvalue weighted by Gasteiger charge is -2.43. The van der Waals surface area contributed by atoms with Crippen molar-refractivity contribution in [1.82, 2.24) is 19.8 Å². The minimum absolute atomic E-state index is 0.00204. The normalized spacial score (nSPS) is 26.4. The average Bonchev–Trinajstić information content (AvgIpc) is 2.67.